The van der Waals surface area contributed by atoms with Crippen LogP contribution in [0, 0.1) is 16.7 Å². The smallest absolute Gasteiger partial charge is 0.227 e. The first-order valence-corrected chi connectivity index (χ1v) is 9.10. The number of nitrogens with one attached hydrogen (secondary N) is 3. The van der Waals surface area contributed by atoms with Gasteiger partial charge in [-0.05, 0) is 38.1 Å². The fourth-order valence-electron chi connectivity index (χ4n) is 3.00. The highest BCUT2D eigenvalue weighted by atomic mass is 16.1. The second-order valence-electron chi connectivity index (χ2n) is 7.46. The van der Waals surface area contributed by atoms with Gasteiger partial charge in [-0.15, -0.1) is 0 Å². The van der Waals surface area contributed by atoms with Gasteiger partial charge in [-0.25, -0.2) is 9.97 Å². The molecule has 8 heteroatoms. The van der Waals surface area contributed by atoms with Crippen molar-refractivity contribution in [2.45, 2.75) is 20.3 Å². The molecule has 29 heavy (non-hydrogen) atoms. The van der Waals surface area contributed by atoms with E-state index in [1.165, 1.54) is 0 Å². The summed E-state index contributed by atoms with van der Waals surface area (Å²) in [5, 5.41) is 19.6. The van der Waals surface area contributed by atoms with Gasteiger partial charge in [0.25, 0.3) is 0 Å². The highest BCUT2D eigenvalue weighted by molar-refractivity contribution is 5.91. The van der Waals surface area contributed by atoms with E-state index in [2.05, 4.69) is 36.5 Å². The Morgan fingerprint density at radius 3 is 2.86 bits per heavy atom. The molecule has 0 aliphatic rings. The first kappa shape index (κ1) is 18.4. The van der Waals surface area contributed by atoms with Gasteiger partial charge in [-0.3, -0.25) is 9.89 Å². The van der Waals surface area contributed by atoms with Crippen molar-refractivity contribution in [1.82, 2.24) is 25.1 Å². The van der Waals surface area contributed by atoms with Crippen molar-refractivity contribution in [2.75, 3.05) is 5.32 Å². The molecule has 8 nitrogen and oxygen atoms in total. The zero-order valence-corrected chi connectivity index (χ0v) is 16.0. The van der Waals surface area contributed by atoms with Gasteiger partial charge in [0.05, 0.1) is 29.1 Å². The fraction of sp³-hybridized carbons (Fsp3) is 0.190. The number of hydrogen-bond acceptors (Lipinski definition) is 5. The van der Waals surface area contributed by atoms with Gasteiger partial charge in [-0.2, -0.15) is 10.4 Å². The van der Waals surface area contributed by atoms with Crippen LogP contribution in [0.15, 0.2) is 48.9 Å². The Labute approximate surface area is 167 Å². The minimum absolute atomic E-state index is 0.100. The molecule has 4 aromatic heterocycles. The molecule has 0 saturated heterocycles. The highest BCUT2D eigenvalue weighted by Gasteiger charge is 2.21. The maximum atomic E-state index is 12.2. The van der Waals surface area contributed by atoms with Gasteiger partial charge in [-0.1, -0.05) is 6.07 Å². The van der Waals surface area contributed by atoms with E-state index in [9.17, 15) is 4.79 Å². The number of pyridine rings is 2. The van der Waals surface area contributed by atoms with Crippen molar-refractivity contribution in [2.24, 2.45) is 5.41 Å². The average molecular weight is 385 g/mol. The minimum Gasteiger partial charge on any atom is -0.339 e. The molecule has 4 aromatic rings. The van der Waals surface area contributed by atoms with Crippen LogP contribution in [0.2, 0.25) is 0 Å². The lowest BCUT2D eigenvalue weighted by atomic mass is 9.91. The van der Waals surface area contributed by atoms with Crippen molar-refractivity contribution in [3.05, 3.63) is 48.9 Å². The Morgan fingerprint density at radius 2 is 2.10 bits per heavy atom. The number of hydrogen-bond donors (Lipinski definition) is 3. The number of carbonyl (C=O) groups is 1. The molecule has 1 amide bonds. The molecule has 0 aromatic carbocycles. The molecule has 0 radical (unpaired) electrons. The summed E-state index contributed by atoms with van der Waals surface area (Å²) in [6.45, 7) is 3.46. The number of aromatic nitrogens is 5. The number of nitriles is 1. The second kappa shape index (κ2) is 7.20. The fourth-order valence-corrected chi connectivity index (χ4v) is 3.00. The van der Waals surface area contributed by atoms with Gasteiger partial charge < -0.3 is 10.3 Å². The van der Waals surface area contributed by atoms with E-state index < -0.39 is 5.41 Å². The molecule has 3 N–H and O–H groups in total. The summed E-state index contributed by atoms with van der Waals surface area (Å²) in [5.41, 5.74) is 3.46. The van der Waals surface area contributed by atoms with Crippen molar-refractivity contribution in [1.29, 1.82) is 5.26 Å². The number of carbonyl (C=O) groups excluding carboxylic acids is 1. The Bertz CT molecular complexity index is 1220. The lowest BCUT2D eigenvalue weighted by Crippen LogP contribution is -2.21. The number of nitrogens with zero attached hydrogens (tertiary/aromatic N) is 4. The Balaban J connectivity index is 1.58. The third-order valence-corrected chi connectivity index (χ3v) is 4.50. The highest BCUT2D eigenvalue weighted by Crippen LogP contribution is 2.26. The number of amides is 1. The van der Waals surface area contributed by atoms with Gasteiger partial charge in [0.2, 0.25) is 5.91 Å². The first-order chi connectivity index (χ1) is 13.9. The summed E-state index contributed by atoms with van der Waals surface area (Å²) in [5.74, 6) is 0.194. The van der Waals surface area contributed by atoms with Gasteiger partial charge in [0.15, 0.2) is 0 Å². The maximum Gasteiger partial charge on any atom is 0.227 e. The number of anilines is 1. The predicted molar refractivity (Wildman–Crippen MR) is 110 cm³/mol. The largest absolute Gasteiger partial charge is 0.339 e. The Hall–Kier alpha value is -3.99. The summed E-state index contributed by atoms with van der Waals surface area (Å²) in [6, 6.07) is 11.5. The molecule has 0 fully saturated rings. The minimum atomic E-state index is -0.725. The SMILES string of the molecule is CC(C)(C#N)CC(=O)Nc1cccc(-c2cnc3[nH]c(-c4cn[nH]c4)cc3c2)n1. The molecule has 0 spiro atoms. The first-order valence-electron chi connectivity index (χ1n) is 9.10. The van der Waals surface area contributed by atoms with E-state index in [1.54, 1.807) is 32.3 Å². The average Bonchev–Trinajstić information content (AvgIpc) is 3.36. The topological polar surface area (TPSA) is 123 Å². The van der Waals surface area contributed by atoms with Crippen LogP contribution in [-0.2, 0) is 4.79 Å². The van der Waals surface area contributed by atoms with Crippen LogP contribution >= 0.6 is 0 Å². The number of rotatable bonds is 5. The molecule has 0 aliphatic heterocycles. The summed E-state index contributed by atoms with van der Waals surface area (Å²) in [7, 11) is 0. The van der Waals surface area contributed by atoms with Crippen LogP contribution in [0.3, 0.4) is 0 Å². The third kappa shape index (κ3) is 3.99. The van der Waals surface area contributed by atoms with Crippen LogP contribution in [0.5, 0.6) is 0 Å². The summed E-state index contributed by atoms with van der Waals surface area (Å²) >= 11 is 0. The van der Waals surface area contributed by atoms with E-state index >= 15 is 0 Å². The van der Waals surface area contributed by atoms with E-state index in [4.69, 9.17) is 5.26 Å². The molecule has 144 valence electrons. The zero-order chi connectivity index (χ0) is 20.4. The van der Waals surface area contributed by atoms with Crippen LogP contribution in [0.4, 0.5) is 5.82 Å². The van der Waals surface area contributed by atoms with E-state index in [0.717, 1.165) is 27.9 Å². The van der Waals surface area contributed by atoms with E-state index in [0.29, 0.717) is 11.5 Å². The van der Waals surface area contributed by atoms with E-state index in [-0.39, 0.29) is 12.3 Å². The summed E-state index contributed by atoms with van der Waals surface area (Å²) in [6.07, 6.45) is 5.40. The Morgan fingerprint density at radius 1 is 1.24 bits per heavy atom. The normalized spacial score (nSPS) is 11.3. The number of aromatic amines is 2. The van der Waals surface area contributed by atoms with Crippen LogP contribution in [0.25, 0.3) is 33.5 Å². The third-order valence-electron chi connectivity index (χ3n) is 4.50. The second-order valence-corrected chi connectivity index (χ2v) is 7.46. The van der Waals surface area contributed by atoms with Crippen LogP contribution < -0.4 is 5.32 Å². The summed E-state index contributed by atoms with van der Waals surface area (Å²) < 4.78 is 0. The monoisotopic (exact) mass is 385 g/mol. The predicted octanol–water partition coefficient (Wildman–Crippen LogP) is 3.89. The zero-order valence-electron chi connectivity index (χ0n) is 16.0. The van der Waals surface area contributed by atoms with Crippen molar-refractivity contribution in [3.63, 3.8) is 0 Å². The van der Waals surface area contributed by atoms with Crippen molar-refractivity contribution in [3.8, 4) is 28.6 Å². The number of fused-ring (bicyclic) bond motifs is 1. The molecule has 0 aliphatic carbocycles. The van der Waals surface area contributed by atoms with Crippen LogP contribution in [0.1, 0.15) is 20.3 Å². The molecule has 0 unspecified atom stereocenters. The number of H-pyrrole nitrogens is 2. The lowest BCUT2D eigenvalue weighted by Gasteiger charge is -2.14. The summed E-state index contributed by atoms with van der Waals surface area (Å²) in [4.78, 5) is 24.5. The maximum absolute atomic E-state index is 12.2. The quantitative estimate of drug-likeness (QED) is 0.481. The van der Waals surface area contributed by atoms with Crippen molar-refractivity contribution >= 4 is 22.8 Å². The van der Waals surface area contributed by atoms with Gasteiger partial charge >= 0.3 is 0 Å². The molecule has 0 bridgehead atoms. The molecular weight excluding hydrogens is 366 g/mol. The molecule has 4 rings (SSSR count). The lowest BCUT2D eigenvalue weighted by molar-refractivity contribution is -0.117. The standard InChI is InChI=1S/C21H19N7O/c1-21(2,12-22)8-19(29)28-18-5-3-4-16(26-18)14-6-13-7-17(15-10-24-25-11-15)27-20(13)23-9-14/h3-7,9-11H,8H2,1-2H3,(H,23,27)(H,24,25)(H,26,28,29). The molecular formula is C21H19N7O. The molecule has 0 atom stereocenters. The van der Waals surface area contributed by atoms with Crippen molar-refractivity contribution < 1.29 is 4.79 Å². The van der Waals surface area contributed by atoms with Crippen LogP contribution in [-0.4, -0.2) is 31.1 Å². The van der Waals surface area contributed by atoms with Gasteiger partial charge in [0, 0.05) is 35.3 Å². The molecule has 4 heterocycles. The van der Waals surface area contributed by atoms with Gasteiger partial charge in [0.1, 0.15) is 11.5 Å². The van der Waals surface area contributed by atoms with E-state index in [1.807, 2.05) is 30.5 Å². The molecule has 0 saturated carbocycles. The Kier molecular flexibility index (Phi) is 4.56.